The zero-order chi connectivity index (χ0) is 13.5. The van der Waals surface area contributed by atoms with Crippen LogP contribution in [0.4, 0.5) is 0 Å². The average molecular weight is 268 g/mol. The number of nitrogens with one attached hydrogen (secondary N) is 1. The zero-order valence-corrected chi connectivity index (χ0v) is 12.9. The largest absolute Gasteiger partial charge is 0.372 e. The molecule has 0 saturated carbocycles. The maximum atomic E-state index is 6.20. The van der Waals surface area contributed by atoms with Gasteiger partial charge in [-0.2, -0.15) is 0 Å². The molecule has 0 radical (unpaired) electrons. The van der Waals surface area contributed by atoms with Crippen LogP contribution in [0.15, 0.2) is 0 Å². The Morgan fingerprint density at radius 1 is 1.11 bits per heavy atom. The van der Waals surface area contributed by atoms with Crippen LogP contribution in [0.2, 0.25) is 0 Å². The van der Waals surface area contributed by atoms with Crippen LogP contribution in [0.5, 0.6) is 0 Å². The normalized spacial score (nSPS) is 32.8. The molecule has 3 heteroatoms. The van der Waals surface area contributed by atoms with E-state index in [0.29, 0.717) is 12.2 Å². The number of ether oxygens (including phenoxy) is 1. The van der Waals surface area contributed by atoms with E-state index < -0.39 is 0 Å². The molecule has 3 atom stereocenters. The highest BCUT2D eigenvalue weighted by Crippen LogP contribution is 2.25. The summed E-state index contributed by atoms with van der Waals surface area (Å²) in [7, 11) is 0. The summed E-state index contributed by atoms with van der Waals surface area (Å²) in [4.78, 5) is 2.69. The topological polar surface area (TPSA) is 24.5 Å². The molecule has 2 rings (SSSR count). The van der Waals surface area contributed by atoms with E-state index >= 15 is 0 Å². The highest BCUT2D eigenvalue weighted by atomic mass is 16.5. The molecular formula is C16H32N2O. The summed E-state index contributed by atoms with van der Waals surface area (Å²) < 4.78 is 6.20. The fourth-order valence-electron chi connectivity index (χ4n) is 3.53. The van der Waals surface area contributed by atoms with Gasteiger partial charge in [0.25, 0.3) is 0 Å². The van der Waals surface area contributed by atoms with Gasteiger partial charge < -0.3 is 10.1 Å². The first-order valence-electron chi connectivity index (χ1n) is 8.43. The Kier molecular flexibility index (Phi) is 6.62. The van der Waals surface area contributed by atoms with Crippen molar-refractivity contribution >= 4 is 0 Å². The molecule has 2 heterocycles. The van der Waals surface area contributed by atoms with Gasteiger partial charge in [-0.25, -0.2) is 0 Å². The second kappa shape index (κ2) is 8.23. The van der Waals surface area contributed by atoms with Crippen molar-refractivity contribution in [2.75, 3.05) is 26.2 Å². The third-order valence-corrected chi connectivity index (χ3v) is 4.65. The molecular weight excluding hydrogens is 236 g/mol. The molecule has 2 saturated heterocycles. The fraction of sp³-hybridized carbons (Fsp3) is 1.00. The maximum Gasteiger partial charge on any atom is 0.0707 e. The monoisotopic (exact) mass is 268 g/mol. The van der Waals surface area contributed by atoms with Crippen LogP contribution < -0.4 is 5.32 Å². The Balaban J connectivity index is 1.68. The van der Waals surface area contributed by atoms with Crippen molar-refractivity contribution in [1.29, 1.82) is 0 Å². The van der Waals surface area contributed by atoms with Gasteiger partial charge in [0.05, 0.1) is 12.2 Å². The summed E-state index contributed by atoms with van der Waals surface area (Å²) in [6.07, 6.45) is 10.1. The molecule has 0 aromatic rings. The number of rotatable bonds is 7. The van der Waals surface area contributed by atoms with Crippen molar-refractivity contribution in [2.45, 2.75) is 77.0 Å². The lowest BCUT2D eigenvalue weighted by Gasteiger charge is -2.36. The minimum atomic E-state index is 0.460. The zero-order valence-electron chi connectivity index (χ0n) is 12.9. The Morgan fingerprint density at radius 3 is 2.74 bits per heavy atom. The van der Waals surface area contributed by atoms with Gasteiger partial charge in [0.1, 0.15) is 0 Å². The summed E-state index contributed by atoms with van der Waals surface area (Å²) in [6.45, 7) is 9.17. The number of likely N-dealkylation sites (tertiary alicyclic amines) is 1. The van der Waals surface area contributed by atoms with Gasteiger partial charge in [-0.3, -0.25) is 4.90 Å². The molecule has 19 heavy (non-hydrogen) atoms. The SMILES string of the molecule is CCCNCC1CCC(CN2CCCCC2CC)O1. The predicted octanol–water partition coefficient (Wildman–Crippen LogP) is 2.80. The van der Waals surface area contributed by atoms with Gasteiger partial charge in [0.2, 0.25) is 0 Å². The highest BCUT2D eigenvalue weighted by Gasteiger charge is 2.29. The summed E-state index contributed by atoms with van der Waals surface area (Å²) in [5, 5.41) is 3.48. The number of nitrogens with zero attached hydrogens (tertiary/aromatic N) is 1. The smallest absolute Gasteiger partial charge is 0.0707 e. The van der Waals surface area contributed by atoms with Crippen LogP contribution in [0, 0.1) is 0 Å². The first-order chi connectivity index (χ1) is 9.33. The lowest BCUT2D eigenvalue weighted by atomic mass is 9.99. The summed E-state index contributed by atoms with van der Waals surface area (Å²) in [5.74, 6) is 0. The molecule has 0 amide bonds. The first-order valence-corrected chi connectivity index (χ1v) is 8.43. The predicted molar refractivity (Wildman–Crippen MR) is 80.6 cm³/mol. The second-order valence-electron chi connectivity index (χ2n) is 6.21. The Hall–Kier alpha value is -0.120. The first kappa shape index (κ1) is 15.3. The van der Waals surface area contributed by atoms with Crippen molar-refractivity contribution < 1.29 is 4.74 Å². The van der Waals surface area contributed by atoms with E-state index in [-0.39, 0.29) is 0 Å². The lowest BCUT2D eigenvalue weighted by Crippen LogP contribution is -2.43. The third-order valence-electron chi connectivity index (χ3n) is 4.65. The van der Waals surface area contributed by atoms with Gasteiger partial charge in [-0.1, -0.05) is 20.3 Å². The van der Waals surface area contributed by atoms with Crippen LogP contribution in [-0.2, 0) is 4.74 Å². The highest BCUT2D eigenvalue weighted by molar-refractivity contribution is 4.82. The molecule has 2 aliphatic rings. The second-order valence-corrected chi connectivity index (χ2v) is 6.21. The summed E-state index contributed by atoms with van der Waals surface area (Å²) in [5.41, 5.74) is 0. The molecule has 0 spiro atoms. The van der Waals surface area contributed by atoms with Crippen molar-refractivity contribution in [1.82, 2.24) is 10.2 Å². The van der Waals surface area contributed by atoms with Crippen molar-refractivity contribution in [2.24, 2.45) is 0 Å². The summed E-state index contributed by atoms with van der Waals surface area (Å²) in [6, 6.07) is 0.814. The molecule has 0 aliphatic carbocycles. The number of piperidine rings is 1. The van der Waals surface area contributed by atoms with E-state index in [1.807, 2.05) is 0 Å². The maximum absolute atomic E-state index is 6.20. The van der Waals surface area contributed by atoms with Gasteiger partial charge in [0.15, 0.2) is 0 Å². The Bertz CT molecular complexity index is 247. The molecule has 2 fully saturated rings. The number of hydrogen-bond acceptors (Lipinski definition) is 3. The van der Waals surface area contributed by atoms with Crippen molar-refractivity contribution in [3.8, 4) is 0 Å². The lowest BCUT2D eigenvalue weighted by molar-refractivity contribution is 0.00700. The van der Waals surface area contributed by atoms with Crippen LogP contribution in [0.3, 0.4) is 0 Å². The van der Waals surface area contributed by atoms with E-state index in [1.54, 1.807) is 0 Å². The number of hydrogen-bond donors (Lipinski definition) is 1. The van der Waals surface area contributed by atoms with Crippen molar-refractivity contribution in [3.05, 3.63) is 0 Å². The third kappa shape index (κ3) is 4.73. The molecule has 112 valence electrons. The van der Waals surface area contributed by atoms with Gasteiger partial charge in [-0.05, 0) is 51.6 Å². The molecule has 1 N–H and O–H groups in total. The van der Waals surface area contributed by atoms with E-state index in [1.165, 1.54) is 58.0 Å². The van der Waals surface area contributed by atoms with Crippen LogP contribution in [0.25, 0.3) is 0 Å². The van der Waals surface area contributed by atoms with Crippen LogP contribution in [0.1, 0.15) is 58.8 Å². The molecule has 2 aliphatic heterocycles. The van der Waals surface area contributed by atoms with E-state index in [4.69, 9.17) is 4.74 Å². The Labute approximate surface area is 119 Å². The molecule has 3 nitrogen and oxygen atoms in total. The van der Waals surface area contributed by atoms with Gasteiger partial charge in [0, 0.05) is 19.1 Å². The van der Waals surface area contributed by atoms with E-state index in [9.17, 15) is 0 Å². The standard InChI is InChI=1S/C16H32N2O/c1-3-10-17-12-15-8-9-16(19-15)13-18-11-6-5-7-14(18)4-2/h14-17H,3-13H2,1-2H3. The van der Waals surface area contributed by atoms with Gasteiger partial charge >= 0.3 is 0 Å². The molecule has 0 bridgehead atoms. The summed E-state index contributed by atoms with van der Waals surface area (Å²) >= 11 is 0. The Morgan fingerprint density at radius 2 is 1.95 bits per heavy atom. The molecule has 0 aromatic carbocycles. The average Bonchev–Trinajstić information content (AvgIpc) is 2.87. The fourth-order valence-corrected chi connectivity index (χ4v) is 3.53. The van der Waals surface area contributed by atoms with Crippen molar-refractivity contribution in [3.63, 3.8) is 0 Å². The van der Waals surface area contributed by atoms with E-state index in [0.717, 1.165) is 19.1 Å². The van der Waals surface area contributed by atoms with Crippen LogP contribution >= 0.6 is 0 Å². The molecule has 3 unspecified atom stereocenters. The van der Waals surface area contributed by atoms with Crippen LogP contribution in [-0.4, -0.2) is 49.3 Å². The van der Waals surface area contributed by atoms with E-state index in [2.05, 4.69) is 24.1 Å². The minimum Gasteiger partial charge on any atom is -0.372 e. The van der Waals surface area contributed by atoms with Gasteiger partial charge in [-0.15, -0.1) is 0 Å². The minimum absolute atomic E-state index is 0.460. The quantitative estimate of drug-likeness (QED) is 0.719. The molecule has 0 aromatic heterocycles.